The molecule has 0 N–H and O–H groups in total. The summed E-state index contributed by atoms with van der Waals surface area (Å²) in [6.45, 7) is 4.63. The van der Waals surface area contributed by atoms with Crippen LogP contribution in [0.15, 0.2) is 35.5 Å². The van der Waals surface area contributed by atoms with Crippen LogP contribution in [0.1, 0.15) is 30.8 Å². The first kappa shape index (κ1) is 15.1. The van der Waals surface area contributed by atoms with Crippen molar-refractivity contribution in [3.05, 3.63) is 47.4 Å². The highest BCUT2D eigenvalue weighted by molar-refractivity contribution is 8.13. The molecule has 0 aliphatic carbocycles. The number of aromatic nitrogens is 2. The quantitative estimate of drug-likeness (QED) is 0.798. The molecule has 1 aromatic carbocycles. The zero-order valence-electron chi connectivity index (χ0n) is 11.5. The molecule has 0 amide bonds. The monoisotopic (exact) mass is 312 g/mol. The Bertz CT molecular complexity index is 690. The van der Waals surface area contributed by atoms with Crippen LogP contribution in [-0.2, 0) is 28.4 Å². The van der Waals surface area contributed by atoms with Crippen molar-refractivity contribution < 1.29 is 8.42 Å². The van der Waals surface area contributed by atoms with Gasteiger partial charge in [-0.15, -0.1) is 0 Å². The first-order valence-electron chi connectivity index (χ1n) is 6.52. The number of nitrogens with zero attached hydrogens (tertiary/aromatic N) is 2. The summed E-state index contributed by atoms with van der Waals surface area (Å²) >= 11 is 0. The van der Waals surface area contributed by atoms with Gasteiger partial charge in [0.1, 0.15) is 5.82 Å². The highest BCUT2D eigenvalue weighted by Crippen LogP contribution is 2.16. The zero-order chi connectivity index (χ0) is 14.8. The second kappa shape index (κ2) is 5.97. The Morgan fingerprint density at radius 2 is 1.70 bits per heavy atom. The van der Waals surface area contributed by atoms with E-state index in [1.54, 1.807) is 0 Å². The van der Waals surface area contributed by atoms with Gasteiger partial charge in [0.05, 0.1) is 0 Å². The summed E-state index contributed by atoms with van der Waals surface area (Å²) in [6.07, 6.45) is 3.15. The van der Waals surface area contributed by atoms with Crippen LogP contribution < -0.4 is 0 Å². The van der Waals surface area contributed by atoms with Crippen LogP contribution in [0.5, 0.6) is 0 Å². The SMILES string of the molecule is CCc1ccc(Cn2cc(S(=O)(=O)Cl)nc2CC)cc1. The molecule has 108 valence electrons. The van der Waals surface area contributed by atoms with E-state index in [1.807, 2.05) is 23.6 Å². The second-order valence-electron chi connectivity index (χ2n) is 4.58. The van der Waals surface area contributed by atoms with E-state index < -0.39 is 9.05 Å². The van der Waals surface area contributed by atoms with Gasteiger partial charge in [-0.2, -0.15) is 0 Å². The van der Waals surface area contributed by atoms with Crippen molar-refractivity contribution in [1.29, 1.82) is 0 Å². The highest BCUT2D eigenvalue weighted by atomic mass is 35.7. The predicted octanol–water partition coefficient (Wildman–Crippen LogP) is 2.98. The molecule has 1 heterocycles. The molecule has 0 fully saturated rings. The van der Waals surface area contributed by atoms with Gasteiger partial charge in [0.2, 0.25) is 0 Å². The number of aryl methyl sites for hydroxylation is 2. The largest absolute Gasteiger partial charge is 0.329 e. The fourth-order valence-corrected chi connectivity index (χ4v) is 2.73. The summed E-state index contributed by atoms with van der Waals surface area (Å²) < 4.78 is 24.5. The smallest absolute Gasteiger partial charge is 0.280 e. The molecule has 0 saturated heterocycles. The van der Waals surface area contributed by atoms with E-state index in [0.717, 1.165) is 12.0 Å². The van der Waals surface area contributed by atoms with Gasteiger partial charge in [0.25, 0.3) is 9.05 Å². The van der Waals surface area contributed by atoms with Crippen molar-refractivity contribution in [2.24, 2.45) is 0 Å². The van der Waals surface area contributed by atoms with Gasteiger partial charge < -0.3 is 4.57 Å². The van der Waals surface area contributed by atoms with Crippen LogP contribution in [0, 0.1) is 0 Å². The lowest BCUT2D eigenvalue weighted by Crippen LogP contribution is -2.03. The van der Waals surface area contributed by atoms with Crippen molar-refractivity contribution in [3.63, 3.8) is 0 Å². The summed E-state index contributed by atoms with van der Waals surface area (Å²) in [5.41, 5.74) is 2.38. The second-order valence-corrected chi connectivity index (χ2v) is 7.10. The fourth-order valence-electron chi connectivity index (χ4n) is 2.04. The maximum Gasteiger partial charge on any atom is 0.280 e. The lowest BCUT2D eigenvalue weighted by atomic mass is 10.1. The van der Waals surface area contributed by atoms with Gasteiger partial charge in [0, 0.05) is 29.8 Å². The number of halogens is 1. The molecular formula is C14H17ClN2O2S. The molecule has 0 aliphatic rings. The Labute approximate surface area is 123 Å². The van der Waals surface area contributed by atoms with E-state index in [4.69, 9.17) is 10.7 Å². The Hall–Kier alpha value is -1.33. The minimum Gasteiger partial charge on any atom is -0.329 e. The Kier molecular flexibility index (Phi) is 4.50. The van der Waals surface area contributed by atoms with Crippen molar-refractivity contribution in [2.45, 2.75) is 38.3 Å². The molecule has 0 spiro atoms. The molecular weight excluding hydrogens is 296 g/mol. The van der Waals surface area contributed by atoms with E-state index in [1.165, 1.54) is 11.8 Å². The predicted molar refractivity (Wildman–Crippen MR) is 79.6 cm³/mol. The first-order chi connectivity index (χ1) is 9.44. The van der Waals surface area contributed by atoms with E-state index in [-0.39, 0.29) is 5.03 Å². The molecule has 0 unspecified atom stereocenters. The van der Waals surface area contributed by atoms with Crippen LogP contribution in [0.2, 0.25) is 0 Å². The number of imidazole rings is 1. The molecule has 0 bridgehead atoms. The van der Waals surface area contributed by atoms with Crippen LogP contribution in [-0.4, -0.2) is 18.0 Å². The van der Waals surface area contributed by atoms with Crippen LogP contribution in [0.4, 0.5) is 0 Å². The van der Waals surface area contributed by atoms with Crippen molar-refractivity contribution in [2.75, 3.05) is 0 Å². The van der Waals surface area contributed by atoms with Crippen molar-refractivity contribution in [1.82, 2.24) is 9.55 Å². The molecule has 0 atom stereocenters. The maximum absolute atomic E-state index is 11.3. The third-order valence-corrected chi connectivity index (χ3v) is 4.36. The molecule has 2 rings (SSSR count). The molecule has 6 heteroatoms. The third kappa shape index (κ3) is 3.41. The van der Waals surface area contributed by atoms with Gasteiger partial charge in [-0.3, -0.25) is 0 Å². The van der Waals surface area contributed by atoms with E-state index >= 15 is 0 Å². The number of hydrogen-bond acceptors (Lipinski definition) is 3. The topological polar surface area (TPSA) is 52.0 Å². The number of hydrogen-bond donors (Lipinski definition) is 0. The summed E-state index contributed by atoms with van der Waals surface area (Å²) in [5.74, 6) is 0.712. The van der Waals surface area contributed by atoms with Gasteiger partial charge in [-0.05, 0) is 17.5 Å². The van der Waals surface area contributed by atoms with Crippen molar-refractivity contribution >= 4 is 19.7 Å². The molecule has 1 aromatic heterocycles. The van der Waals surface area contributed by atoms with Gasteiger partial charge in [-0.1, -0.05) is 38.1 Å². The summed E-state index contributed by atoms with van der Waals surface area (Å²) in [6, 6.07) is 8.26. The third-order valence-electron chi connectivity index (χ3n) is 3.19. The first-order valence-corrected chi connectivity index (χ1v) is 8.83. The molecule has 4 nitrogen and oxygen atoms in total. The average Bonchev–Trinajstić information content (AvgIpc) is 2.82. The van der Waals surface area contributed by atoms with Crippen LogP contribution in [0.3, 0.4) is 0 Å². The Morgan fingerprint density at radius 3 is 2.20 bits per heavy atom. The summed E-state index contributed by atoms with van der Waals surface area (Å²) in [5, 5.41) is -0.0822. The fraction of sp³-hybridized carbons (Fsp3) is 0.357. The molecule has 2 aromatic rings. The lowest BCUT2D eigenvalue weighted by Gasteiger charge is -2.07. The van der Waals surface area contributed by atoms with Crippen molar-refractivity contribution in [3.8, 4) is 0 Å². The Morgan fingerprint density at radius 1 is 1.10 bits per heavy atom. The van der Waals surface area contributed by atoms with Gasteiger partial charge >= 0.3 is 0 Å². The highest BCUT2D eigenvalue weighted by Gasteiger charge is 2.17. The van der Waals surface area contributed by atoms with Gasteiger partial charge in [0.15, 0.2) is 5.03 Å². The normalized spacial score (nSPS) is 11.8. The molecule has 20 heavy (non-hydrogen) atoms. The standard InChI is InChI=1S/C14H17ClN2O2S/c1-3-11-5-7-12(8-6-11)9-17-10-14(20(15,18)19)16-13(17)4-2/h5-8,10H,3-4,9H2,1-2H3. The average molecular weight is 313 g/mol. The van der Waals surface area contributed by atoms with Crippen LogP contribution >= 0.6 is 10.7 Å². The lowest BCUT2D eigenvalue weighted by molar-refractivity contribution is 0.606. The minimum absolute atomic E-state index is 0.0822. The maximum atomic E-state index is 11.3. The van der Waals surface area contributed by atoms with Gasteiger partial charge in [-0.25, -0.2) is 13.4 Å². The molecule has 0 saturated carbocycles. The number of benzene rings is 1. The molecule has 0 radical (unpaired) electrons. The molecule has 0 aliphatic heterocycles. The Balaban J connectivity index is 2.30. The summed E-state index contributed by atoms with van der Waals surface area (Å²) in [4.78, 5) is 4.07. The zero-order valence-corrected chi connectivity index (χ0v) is 13.1. The minimum atomic E-state index is -3.78. The summed E-state index contributed by atoms with van der Waals surface area (Å²) in [7, 11) is 1.56. The van der Waals surface area contributed by atoms with E-state index in [2.05, 4.69) is 24.0 Å². The van der Waals surface area contributed by atoms with Crippen LogP contribution in [0.25, 0.3) is 0 Å². The van der Waals surface area contributed by atoms with E-state index in [0.29, 0.717) is 18.8 Å². The van der Waals surface area contributed by atoms with E-state index in [9.17, 15) is 8.42 Å². The number of rotatable bonds is 5.